The summed E-state index contributed by atoms with van der Waals surface area (Å²) in [6, 6.07) is 3.87. The van der Waals surface area contributed by atoms with Crippen molar-refractivity contribution >= 4 is 33.3 Å². The van der Waals surface area contributed by atoms with Gasteiger partial charge in [-0.05, 0) is 19.1 Å². The lowest BCUT2D eigenvalue weighted by atomic mass is 10.3. The van der Waals surface area contributed by atoms with Crippen LogP contribution in [-0.4, -0.2) is 24.9 Å². The molecule has 0 amide bonds. The topological polar surface area (TPSA) is 84.0 Å². The first-order valence-electron chi connectivity index (χ1n) is 5.97. The Morgan fingerprint density at radius 1 is 1.29 bits per heavy atom. The van der Waals surface area contributed by atoms with Gasteiger partial charge in [-0.1, -0.05) is 17.7 Å². The predicted octanol–water partition coefficient (Wildman–Crippen LogP) is 2.50. The molecule has 1 aromatic heterocycles. The summed E-state index contributed by atoms with van der Waals surface area (Å²) in [5.74, 6) is -0.461. The molecule has 0 aliphatic heterocycles. The highest BCUT2D eigenvalue weighted by atomic mass is 35.5. The SMILES string of the molecule is CCNc1ncc(S(=O)(=O)Nc2c(F)cccc2Cl)cn1. The fourth-order valence-corrected chi connectivity index (χ4v) is 2.74. The number of anilines is 2. The molecule has 0 saturated heterocycles. The van der Waals surface area contributed by atoms with E-state index in [9.17, 15) is 12.8 Å². The molecule has 0 saturated carbocycles. The summed E-state index contributed by atoms with van der Waals surface area (Å²) >= 11 is 5.78. The van der Waals surface area contributed by atoms with Gasteiger partial charge in [0.2, 0.25) is 5.95 Å². The van der Waals surface area contributed by atoms with Crippen LogP contribution in [0.4, 0.5) is 16.0 Å². The Morgan fingerprint density at radius 2 is 1.95 bits per heavy atom. The molecule has 0 atom stereocenters. The maximum Gasteiger partial charge on any atom is 0.265 e. The number of nitrogens with one attached hydrogen (secondary N) is 2. The number of hydrogen-bond acceptors (Lipinski definition) is 5. The molecule has 9 heteroatoms. The van der Waals surface area contributed by atoms with Crippen molar-refractivity contribution < 1.29 is 12.8 Å². The third-order valence-electron chi connectivity index (χ3n) is 2.47. The van der Waals surface area contributed by atoms with Crippen molar-refractivity contribution in [3.63, 3.8) is 0 Å². The number of benzene rings is 1. The van der Waals surface area contributed by atoms with Crippen molar-refractivity contribution in [3.8, 4) is 0 Å². The van der Waals surface area contributed by atoms with Crippen LogP contribution >= 0.6 is 11.6 Å². The van der Waals surface area contributed by atoms with Crippen LogP contribution in [0.15, 0.2) is 35.5 Å². The van der Waals surface area contributed by atoms with Crippen molar-refractivity contribution in [1.82, 2.24) is 9.97 Å². The Bertz CT molecular complexity index is 717. The maximum atomic E-state index is 13.6. The van der Waals surface area contributed by atoms with Crippen molar-refractivity contribution in [2.24, 2.45) is 0 Å². The molecule has 0 fully saturated rings. The Kier molecular flexibility index (Phi) is 4.59. The second-order valence-electron chi connectivity index (χ2n) is 3.97. The molecule has 6 nitrogen and oxygen atoms in total. The van der Waals surface area contributed by atoms with Gasteiger partial charge in [0, 0.05) is 6.54 Å². The number of sulfonamides is 1. The highest BCUT2D eigenvalue weighted by Gasteiger charge is 2.19. The van der Waals surface area contributed by atoms with Gasteiger partial charge >= 0.3 is 0 Å². The number of para-hydroxylation sites is 1. The largest absolute Gasteiger partial charge is 0.355 e. The van der Waals surface area contributed by atoms with E-state index in [1.54, 1.807) is 0 Å². The van der Waals surface area contributed by atoms with Crippen LogP contribution in [0.2, 0.25) is 5.02 Å². The van der Waals surface area contributed by atoms with E-state index < -0.39 is 15.8 Å². The molecule has 2 aromatic rings. The average molecular weight is 331 g/mol. The number of rotatable bonds is 5. The van der Waals surface area contributed by atoms with E-state index in [-0.39, 0.29) is 15.6 Å². The Labute approximate surface area is 126 Å². The lowest BCUT2D eigenvalue weighted by Gasteiger charge is -2.10. The number of hydrogen-bond donors (Lipinski definition) is 2. The third-order valence-corrected chi connectivity index (χ3v) is 4.09. The van der Waals surface area contributed by atoms with E-state index in [1.807, 2.05) is 6.92 Å². The summed E-state index contributed by atoms with van der Waals surface area (Å²) in [4.78, 5) is 7.51. The molecule has 2 rings (SSSR count). The van der Waals surface area contributed by atoms with Gasteiger partial charge in [-0.2, -0.15) is 0 Å². The normalized spacial score (nSPS) is 11.2. The first-order valence-corrected chi connectivity index (χ1v) is 7.83. The molecule has 1 heterocycles. The smallest absolute Gasteiger partial charge is 0.265 e. The minimum absolute atomic E-state index is 0.0382. The molecule has 0 unspecified atom stereocenters. The van der Waals surface area contributed by atoms with Gasteiger partial charge in [0.1, 0.15) is 16.4 Å². The summed E-state index contributed by atoms with van der Waals surface area (Å²) in [6.45, 7) is 2.46. The molecule has 1 aromatic carbocycles. The summed E-state index contributed by atoms with van der Waals surface area (Å²) in [5.41, 5.74) is -0.310. The summed E-state index contributed by atoms with van der Waals surface area (Å²) in [5, 5.41) is 2.80. The zero-order valence-electron chi connectivity index (χ0n) is 11.0. The van der Waals surface area contributed by atoms with Crippen LogP contribution in [0.1, 0.15) is 6.92 Å². The standard InChI is InChI=1S/C12H12ClFN4O2S/c1-2-15-12-16-6-8(7-17-12)21(19,20)18-11-9(13)4-3-5-10(11)14/h3-7,18H,2H2,1H3,(H,15,16,17). The minimum atomic E-state index is -4.02. The van der Waals surface area contributed by atoms with Crippen LogP contribution in [0.25, 0.3) is 0 Å². The van der Waals surface area contributed by atoms with Crippen LogP contribution in [0, 0.1) is 5.82 Å². The van der Waals surface area contributed by atoms with E-state index >= 15 is 0 Å². The fraction of sp³-hybridized carbons (Fsp3) is 0.167. The Balaban J connectivity index is 2.30. The van der Waals surface area contributed by atoms with E-state index in [2.05, 4.69) is 20.0 Å². The molecule has 0 radical (unpaired) electrons. The number of nitrogens with zero attached hydrogens (tertiary/aromatic N) is 2. The monoisotopic (exact) mass is 330 g/mol. The average Bonchev–Trinajstić information content (AvgIpc) is 2.44. The van der Waals surface area contributed by atoms with Crippen LogP contribution in [0.5, 0.6) is 0 Å². The van der Waals surface area contributed by atoms with Crippen molar-refractivity contribution in [2.45, 2.75) is 11.8 Å². The van der Waals surface area contributed by atoms with Crippen LogP contribution < -0.4 is 10.0 Å². The van der Waals surface area contributed by atoms with E-state index in [1.165, 1.54) is 12.1 Å². The maximum absolute atomic E-state index is 13.6. The lowest BCUT2D eigenvalue weighted by Crippen LogP contribution is -2.15. The molecule has 0 aliphatic carbocycles. The van der Waals surface area contributed by atoms with Gasteiger partial charge in [0.25, 0.3) is 10.0 Å². The molecule has 0 aliphatic rings. The molecule has 112 valence electrons. The molecule has 0 bridgehead atoms. The summed E-state index contributed by atoms with van der Waals surface area (Å²) in [7, 11) is -4.02. The second-order valence-corrected chi connectivity index (χ2v) is 6.06. The van der Waals surface area contributed by atoms with Gasteiger partial charge in [-0.3, -0.25) is 4.72 Å². The van der Waals surface area contributed by atoms with E-state index in [0.717, 1.165) is 18.5 Å². The minimum Gasteiger partial charge on any atom is -0.355 e. The molecular weight excluding hydrogens is 319 g/mol. The third kappa shape index (κ3) is 3.59. The van der Waals surface area contributed by atoms with Gasteiger partial charge in [0.05, 0.1) is 17.4 Å². The molecular formula is C12H12ClFN4O2S. The second kappa shape index (κ2) is 6.23. The van der Waals surface area contributed by atoms with Gasteiger partial charge in [-0.25, -0.2) is 22.8 Å². The highest BCUT2D eigenvalue weighted by Crippen LogP contribution is 2.27. The highest BCUT2D eigenvalue weighted by molar-refractivity contribution is 7.92. The Hall–Kier alpha value is -1.93. The lowest BCUT2D eigenvalue weighted by molar-refractivity contribution is 0.597. The number of halogens is 2. The van der Waals surface area contributed by atoms with Gasteiger partial charge in [0.15, 0.2) is 0 Å². The van der Waals surface area contributed by atoms with Crippen molar-refractivity contribution in [1.29, 1.82) is 0 Å². The quantitative estimate of drug-likeness (QED) is 0.880. The zero-order chi connectivity index (χ0) is 15.5. The Morgan fingerprint density at radius 3 is 2.52 bits per heavy atom. The number of aromatic nitrogens is 2. The van der Waals surface area contributed by atoms with E-state index in [0.29, 0.717) is 12.5 Å². The predicted molar refractivity (Wildman–Crippen MR) is 78.4 cm³/mol. The van der Waals surface area contributed by atoms with Gasteiger partial charge in [-0.15, -0.1) is 0 Å². The summed E-state index contributed by atoms with van der Waals surface area (Å²) in [6.07, 6.45) is 2.25. The zero-order valence-corrected chi connectivity index (χ0v) is 12.5. The fourth-order valence-electron chi connectivity index (χ4n) is 1.49. The first-order chi connectivity index (χ1) is 9.94. The molecule has 2 N–H and O–H groups in total. The van der Waals surface area contributed by atoms with Crippen molar-refractivity contribution in [3.05, 3.63) is 41.4 Å². The van der Waals surface area contributed by atoms with E-state index in [4.69, 9.17) is 11.6 Å². The van der Waals surface area contributed by atoms with Gasteiger partial charge < -0.3 is 5.32 Å². The van der Waals surface area contributed by atoms with Crippen LogP contribution in [-0.2, 0) is 10.0 Å². The summed E-state index contributed by atoms with van der Waals surface area (Å²) < 4.78 is 40.0. The molecule has 21 heavy (non-hydrogen) atoms. The molecule has 0 spiro atoms. The van der Waals surface area contributed by atoms with Crippen LogP contribution in [0.3, 0.4) is 0 Å². The van der Waals surface area contributed by atoms with Crippen molar-refractivity contribution in [2.75, 3.05) is 16.6 Å². The first kappa shape index (κ1) is 15.5.